The van der Waals surface area contributed by atoms with Gasteiger partial charge < -0.3 is 20.4 Å². The van der Waals surface area contributed by atoms with Gasteiger partial charge in [-0.2, -0.15) is 4.98 Å². The van der Waals surface area contributed by atoms with Gasteiger partial charge in [0.05, 0.1) is 49.8 Å². The van der Waals surface area contributed by atoms with Crippen LogP contribution in [-0.2, 0) is 4.79 Å². The highest BCUT2D eigenvalue weighted by molar-refractivity contribution is 6.37. The van der Waals surface area contributed by atoms with Crippen LogP contribution in [0.3, 0.4) is 0 Å². The van der Waals surface area contributed by atoms with E-state index in [9.17, 15) is 9.59 Å². The van der Waals surface area contributed by atoms with Crippen LogP contribution in [0.15, 0.2) is 35.8 Å². The highest BCUT2D eigenvalue weighted by atomic mass is 35.5. The van der Waals surface area contributed by atoms with Gasteiger partial charge in [0.15, 0.2) is 17.5 Å². The number of carbonyl (C=O) groups is 1. The van der Waals surface area contributed by atoms with E-state index in [0.29, 0.717) is 11.3 Å². The minimum absolute atomic E-state index is 0.00578. The third-order valence-electron chi connectivity index (χ3n) is 8.93. The Bertz CT molecular complexity index is 2040. The second-order valence-electron chi connectivity index (χ2n) is 12.3. The van der Waals surface area contributed by atoms with Crippen LogP contribution in [0.5, 0.6) is 0 Å². The predicted octanol–water partition coefficient (Wildman–Crippen LogP) is 6.23. The van der Waals surface area contributed by atoms with Crippen molar-refractivity contribution in [1.29, 1.82) is 0 Å². The van der Waals surface area contributed by atoms with E-state index in [1.54, 1.807) is 36.0 Å². The summed E-state index contributed by atoms with van der Waals surface area (Å²) in [6, 6.07) is 1.81. The quantitative estimate of drug-likeness (QED) is 0.155. The van der Waals surface area contributed by atoms with Crippen LogP contribution in [-0.4, -0.2) is 64.1 Å². The van der Waals surface area contributed by atoms with Crippen LogP contribution >= 0.6 is 23.2 Å². The van der Waals surface area contributed by atoms with Gasteiger partial charge in [-0.25, -0.2) is 18.0 Å². The zero-order chi connectivity index (χ0) is 34.2. The molecule has 0 bridgehead atoms. The number of hydrogen-bond acceptors (Lipinski definition) is 7. The number of amides is 1. The van der Waals surface area contributed by atoms with Crippen molar-refractivity contribution in [1.82, 2.24) is 19.4 Å². The van der Waals surface area contributed by atoms with Gasteiger partial charge >= 0.3 is 5.69 Å². The molecule has 2 unspecified atom stereocenters. The number of benzene rings is 2. The molecule has 4 heterocycles. The molecular weight excluding hydrogens is 654 g/mol. The van der Waals surface area contributed by atoms with Crippen LogP contribution < -0.4 is 21.2 Å². The second kappa shape index (κ2) is 11.7. The van der Waals surface area contributed by atoms with Crippen molar-refractivity contribution in [3.8, 4) is 16.8 Å². The second-order valence-corrected chi connectivity index (χ2v) is 13.1. The molecule has 1 saturated heterocycles. The van der Waals surface area contributed by atoms with E-state index in [2.05, 4.69) is 16.5 Å². The molecular formula is C33H32Cl2F3N7O2. The van der Waals surface area contributed by atoms with Crippen molar-refractivity contribution >= 4 is 57.2 Å². The number of hydrogen-bond donors (Lipinski definition) is 1. The molecule has 246 valence electrons. The summed E-state index contributed by atoms with van der Waals surface area (Å²) >= 11 is 12.4. The number of halogens is 5. The van der Waals surface area contributed by atoms with Crippen LogP contribution in [0, 0.1) is 24.4 Å². The van der Waals surface area contributed by atoms with E-state index in [4.69, 9.17) is 28.9 Å². The average molecular weight is 687 g/mol. The first-order valence-electron chi connectivity index (χ1n) is 15.0. The highest BCUT2D eigenvalue weighted by Gasteiger charge is 2.42. The third-order valence-corrected chi connectivity index (χ3v) is 9.52. The summed E-state index contributed by atoms with van der Waals surface area (Å²) in [6.07, 6.45) is 2.80. The van der Waals surface area contributed by atoms with Gasteiger partial charge in [0, 0.05) is 44.5 Å². The molecule has 2 aliphatic heterocycles. The van der Waals surface area contributed by atoms with Crippen LogP contribution in [0.4, 0.5) is 30.4 Å². The lowest BCUT2D eigenvalue weighted by molar-refractivity contribution is -0.127. The van der Waals surface area contributed by atoms with Crippen LogP contribution in [0.2, 0.25) is 10.0 Å². The fourth-order valence-electron chi connectivity index (χ4n) is 6.92. The minimum atomic E-state index is -1.26. The van der Waals surface area contributed by atoms with Crippen molar-refractivity contribution < 1.29 is 18.0 Å². The number of anilines is 3. The van der Waals surface area contributed by atoms with E-state index in [1.807, 2.05) is 25.7 Å². The summed E-state index contributed by atoms with van der Waals surface area (Å²) in [6.45, 7) is 11.5. The Morgan fingerprint density at radius 1 is 1.09 bits per heavy atom. The molecule has 2 atom stereocenters. The van der Waals surface area contributed by atoms with Gasteiger partial charge in [0.1, 0.15) is 11.3 Å². The SMILES string of the molecule is C=CC(=O)N1CC(C)N2c3nc(=O)n(-c4c(C)ccnc4C(C)C)c4c(F)c(-c5c(N)c(Cl)cc(Cl)c5F)c(F)c(c34)N(C)CC2C1. The van der Waals surface area contributed by atoms with Gasteiger partial charge in [-0.05, 0) is 43.5 Å². The number of aromatic nitrogens is 3. The largest absolute Gasteiger partial charge is 0.397 e. The molecule has 0 aliphatic carbocycles. The molecule has 9 nitrogen and oxygen atoms in total. The summed E-state index contributed by atoms with van der Waals surface area (Å²) in [5.41, 5.74) is 4.22. The monoisotopic (exact) mass is 685 g/mol. The molecule has 1 amide bonds. The lowest BCUT2D eigenvalue weighted by Gasteiger charge is -2.46. The maximum Gasteiger partial charge on any atom is 0.354 e. The zero-order valence-electron chi connectivity index (χ0n) is 26.3. The summed E-state index contributed by atoms with van der Waals surface area (Å²) in [4.78, 5) is 41.0. The van der Waals surface area contributed by atoms with E-state index < -0.39 is 57.1 Å². The maximum atomic E-state index is 17.5. The summed E-state index contributed by atoms with van der Waals surface area (Å²) in [5.74, 6) is -4.05. The first kappa shape index (κ1) is 32.6. The molecule has 14 heteroatoms. The van der Waals surface area contributed by atoms with Crippen molar-refractivity contribution in [2.75, 3.05) is 42.2 Å². The molecule has 1 fully saturated rings. The Labute approximate surface area is 279 Å². The van der Waals surface area contributed by atoms with Crippen molar-refractivity contribution in [2.24, 2.45) is 0 Å². The molecule has 2 aliphatic rings. The standard InChI is InChI=1S/C33H32Cl2F3N7O2/c1-7-20(46)43-11-16(5)44-17(13-43)12-42(6)30-23-31(26(38)21(25(30)37)22-24(36)18(34)10-19(35)27(22)39)45(33(47)41-32(23)44)29-15(4)8-9-40-28(29)14(2)3/h7-10,14,16-17H,1,11-13,39H2,2-6H3. The average Bonchev–Trinajstić information content (AvgIpc) is 3.13. The maximum absolute atomic E-state index is 17.5. The summed E-state index contributed by atoms with van der Waals surface area (Å²) in [7, 11) is 1.60. The van der Waals surface area contributed by atoms with Gasteiger partial charge in [-0.15, -0.1) is 0 Å². The third kappa shape index (κ3) is 4.91. The number of nitrogens with two attached hydrogens (primary N) is 1. The number of rotatable bonds is 4. The van der Waals surface area contributed by atoms with Crippen molar-refractivity contribution in [3.63, 3.8) is 0 Å². The Morgan fingerprint density at radius 3 is 2.45 bits per heavy atom. The van der Waals surface area contributed by atoms with Gasteiger partial charge in [-0.3, -0.25) is 14.3 Å². The highest BCUT2D eigenvalue weighted by Crippen LogP contribution is 2.49. The molecule has 6 rings (SSSR count). The Balaban J connectivity index is 1.83. The predicted molar refractivity (Wildman–Crippen MR) is 179 cm³/mol. The molecule has 47 heavy (non-hydrogen) atoms. The molecule has 0 spiro atoms. The van der Waals surface area contributed by atoms with E-state index in [1.165, 1.54) is 6.08 Å². The topological polar surface area (TPSA) is 101 Å². The Hall–Kier alpha value is -4.29. The van der Waals surface area contributed by atoms with Gasteiger partial charge in [0.25, 0.3) is 0 Å². The number of nitrogens with zero attached hydrogens (tertiary/aromatic N) is 6. The number of pyridine rings is 1. The fourth-order valence-corrected chi connectivity index (χ4v) is 7.38. The van der Waals surface area contributed by atoms with Crippen LogP contribution in [0.25, 0.3) is 27.7 Å². The van der Waals surface area contributed by atoms with E-state index in [0.717, 1.165) is 10.6 Å². The molecule has 2 N–H and O–H groups in total. The lowest BCUT2D eigenvalue weighted by Crippen LogP contribution is -2.61. The molecule has 0 radical (unpaired) electrons. The Morgan fingerprint density at radius 2 is 1.79 bits per heavy atom. The number of likely N-dealkylation sites (N-methyl/N-ethyl adjacent to an activating group) is 1. The van der Waals surface area contributed by atoms with Gasteiger partial charge in [0.2, 0.25) is 5.91 Å². The summed E-state index contributed by atoms with van der Waals surface area (Å²) < 4.78 is 51.5. The number of nitrogen functional groups attached to an aromatic ring is 1. The first-order valence-corrected chi connectivity index (χ1v) is 15.7. The van der Waals surface area contributed by atoms with Crippen molar-refractivity contribution in [3.05, 3.63) is 80.2 Å². The minimum Gasteiger partial charge on any atom is -0.397 e. The van der Waals surface area contributed by atoms with E-state index >= 15 is 13.2 Å². The number of fused-ring (bicyclic) bond motifs is 2. The van der Waals surface area contributed by atoms with Crippen LogP contribution in [0.1, 0.15) is 37.9 Å². The Kier molecular flexibility index (Phi) is 8.16. The number of carbonyl (C=O) groups excluding carboxylic acids is 1. The molecule has 2 aromatic heterocycles. The lowest BCUT2D eigenvalue weighted by atomic mass is 9.96. The summed E-state index contributed by atoms with van der Waals surface area (Å²) in [5, 5.41) is -0.706. The van der Waals surface area contributed by atoms with Gasteiger partial charge in [-0.1, -0.05) is 43.6 Å². The molecule has 0 saturated carbocycles. The fraction of sp³-hybridized carbons (Fsp3) is 0.333. The normalized spacial score (nSPS) is 17.7. The molecule has 2 aromatic carbocycles. The smallest absolute Gasteiger partial charge is 0.354 e. The van der Waals surface area contributed by atoms with Crippen molar-refractivity contribution in [2.45, 2.75) is 45.7 Å². The number of aryl methyl sites for hydroxylation is 1. The first-order chi connectivity index (χ1) is 22.2. The molecule has 4 aromatic rings. The van der Waals surface area contributed by atoms with E-state index in [-0.39, 0.29) is 64.6 Å². The zero-order valence-corrected chi connectivity index (χ0v) is 27.8. The number of piperazine rings is 1.